The van der Waals surface area contributed by atoms with E-state index in [-0.39, 0.29) is 5.82 Å². The highest BCUT2D eigenvalue weighted by atomic mass is 19.1. The van der Waals surface area contributed by atoms with E-state index in [1.807, 2.05) is 30.3 Å². The van der Waals surface area contributed by atoms with Gasteiger partial charge in [-0.15, -0.1) is 0 Å². The van der Waals surface area contributed by atoms with E-state index in [9.17, 15) is 0 Å². The van der Waals surface area contributed by atoms with Gasteiger partial charge in [0.15, 0.2) is 0 Å². The largest absolute Gasteiger partial charge is 0.205 e. The fourth-order valence-electron chi connectivity index (χ4n) is 4.18. The minimum Gasteiger partial charge on any atom is -0.205 e. The molecule has 0 spiro atoms. The minimum atomic E-state index is -0.211. The summed E-state index contributed by atoms with van der Waals surface area (Å²) in [5.74, 6) is 5.97. The van der Waals surface area contributed by atoms with Crippen LogP contribution in [0.1, 0.15) is 93.9 Å². The van der Waals surface area contributed by atoms with Crippen molar-refractivity contribution in [2.24, 2.45) is 0 Å². The van der Waals surface area contributed by atoms with Gasteiger partial charge in [0.05, 0.1) is 5.56 Å². The average molecular weight is 429 g/mol. The number of unbranched alkanes of at least 4 members (excludes halogenated alkanes) is 7. The van der Waals surface area contributed by atoms with Crippen molar-refractivity contribution in [3.05, 3.63) is 82.7 Å². The van der Waals surface area contributed by atoms with Crippen LogP contribution in [-0.2, 0) is 12.8 Å². The van der Waals surface area contributed by atoms with Crippen molar-refractivity contribution in [1.29, 1.82) is 0 Å². The molecule has 3 aromatic rings. The molecule has 0 unspecified atom stereocenters. The van der Waals surface area contributed by atoms with Gasteiger partial charge < -0.3 is 0 Å². The molecule has 0 aliphatic rings. The van der Waals surface area contributed by atoms with Gasteiger partial charge in [0.2, 0.25) is 0 Å². The molecule has 0 N–H and O–H groups in total. The van der Waals surface area contributed by atoms with Crippen molar-refractivity contribution < 1.29 is 4.39 Å². The zero-order valence-electron chi connectivity index (χ0n) is 19.9. The molecule has 168 valence electrons. The van der Waals surface area contributed by atoms with E-state index < -0.39 is 0 Å². The summed E-state index contributed by atoms with van der Waals surface area (Å²) in [6, 6.07) is 18.3. The van der Waals surface area contributed by atoms with Crippen molar-refractivity contribution in [1.82, 2.24) is 0 Å². The van der Waals surface area contributed by atoms with Crippen LogP contribution in [0.25, 0.3) is 10.8 Å². The van der Waals surface area contributed by atoms with Gasteiger partial charge in [0.25, 0.3) is 0 Å². The average Bonchev–Trinajstić information content (AvgIpc) is 2.82. The van der Waals surface area contributed by atoms with Gasteiger partial charge in [-0.25, -0.2) is 4.39 Å². The maximum atomic E-state index is 15.1. The summed E-state index contributed by atoms with van der Waals surface area (Å²) in [4.78, 5) is 0. The van der Waals surface area contributed by atoms with Crippen molar-refractivity contribution >= 4 is 10.8 Å². The summed E-state index contributed by atoms with van der Waals surface area (Å²) in [5, 5.41) is 1.63. The Bertz CT molecular complexity index is 1030. The summed E-state index contributed by atoms with van der Waals surface area (Å²) >= 11 is 0. The molecule has 32 heavy (non-hydrogen) atoms. The van der Waals surface area contributed by atoms with Gasteiger partial charge in [-0.2, -0.15) is 0 Å². The Morgan fingerprint density at radius 3 is 1.97 bits per heavy atom. The Morgan fingerprint density at radius 1 is 0.625 bits per heavy atom. The van der Waals surface area contributed by atoms with Crippen LogP contribution < -0.4 is 0 Å². The molecule has 0 aliphatic carbocycles. The Labute approximate surface area is 194 Å². The van der Waals surface area contributed by atoms with Crippen molar-refractivity contribution in [3.8, 4) is 11.8 Å². The molecule has 0 heterocycles. The lowest BCUT2D eigenvalue weighted by atomic mass is 10.00. The van der Waals surface area contributed by atoms with E-state index in [4.69, 9.17) is 0 Å². The summed E-state index contributed by atoms with van der Waals surface area (Å²) in [6.45, 7) is 4.47. The van der Waals surface area contributed by atoms with Crippen molar-refractivity contribution in [2.75, 3.05) is 0 Å². The first-order valence-electron chi connectivity index (χ1n) is 12.5. The molecule has 0 bridgehead atoms. The fraction of sp³-hybridized carbons (Fsp3) is 0.419. The third-order valence-electron chi connectivity index (χ3n) is 6.20. The lowest BCUT2D eigenvalue weighted by Gasteiger charge is -2.06. The first-order chi connectivity index (χ1) is 15.7. The zero-order chi connectivity index (χ0) is 22.6. The first-order valence-corrected chi connectivity index (χ1v) is 12.5. The first kappa shape index (κ1) is 24.1. The maximum Gasteiger partial charge on any atom is 0.146 e. The molecule has 0 atom stereocenters. The molecule has 0 aromatic heterocycles. The van der Waals surface area contributed by atoms with Crippen LogP contribution in [0.4, 0.5) is 4.39 Å². The summed E-state index contributed by atoms with van der Waals surface area (Å²) in [6.07, 6.45) is 13.7. The molecule has 1 heteroatoms. The second-order valence-corrected chi connectivity index (χ2v) is 8.90. The van der Waals surface area contributed by atoms with E-state index in [1.54, 1.807) is 0 Å². The standard InChI is InChI=1S/C31H37F/c1-3-5-7-9-11-13-27-19-23-30-29(24-27)22-21-28(31(30)32)20-18-26-16-14-25(15-17-26)12-10-8-6-4-2/h14-17,19,21-24H,3-13H2,1-2H3. The number of aryl methyl sites for hydroxylation is 2. The molecule has 0 saturated heterocycles. The SMILES string of the molecule is CCCCCCCc1ccc2c(F)c(C#Cc3ccc(CCCCCC)cc3)ccc2c1. The normalized spacial score (nSPS) is 10.8. The van der Waals surface area contributed by atoms with E-state index >= 15 is 4.39 Å². The lowest BCUT2D eigenvalue weighted by molar-refractivity contribution is 0.631. The molecule has 3 rings (SSSR count). The Kier molecular flexibility index (Phi) is 9.83. The van der Waals surface area contributed by atoms with E-state index in [0.29, 0.717) is 10.9 Å². The fourth-order valence-corrected chi connectivity index (χ4v) is 4.18. The predicted molar refractivity (Wildman–Crippen MR) is 137 cm³/mol. The van der Waals surface area contributed by atoms with Crippen LogP contribution in [-0.4, -0.2) is 0 Å². The summed E-state index contributed by atoms with van der Waals surface area (Å²) in [5.41, 5.74) is 4.04. The van der Waals surface area contributed by atoms with Crippen LogP contribution in [0, 0.1) is 17.7 Å². The molecule has 0 fully saturated rings. The monoisotopic (exact) mass is 428 g/mol. The molecular weight excluding hydrogens is 391 g/mol. The summed E-state index contributed by atoms with van der Waals surface area (Å²) in [7, 11) is 0. The highest BCUT2D eigenvalue weighted by Crippen LogP contribution is 2.23. The number of hydrogen-bond acceptors (Lipinski definition) is 0. The van der Waals surface area contributed by atoms with Crippen LogP contribution in [0.3, 0.4) is 0 Å². The second-order valence-electron chi connectivity index (χ2n) is 8.90. The smallest absolute Gasteiger partial charge is 0.146 e. The van der Waals surface area contributed by atoms with E-state index in [1.165, 1.54) is 68.9 Å². The zero-order valence-corrected chi connectivity index (χ0v) is 19.9. The van der Waals surface area contributed by atoms with Crippen molar-refractivity contribution in [2.45, 2.75) is 84.5 Å². The molecule has 3 aromatic carbocycles. The Hall–Kier alpha value is -2.59. The number of benzene rings is 3. The third-order valence-corrected chi connectivity index (χ3v) is 6.20. The van der Waals surface area contributed by atoms with Gasteiger partial charge in [0.1, 0.15) is 5.82 Å². The van der Waals surface area contributed by atoms with Crippen molar-refractivity contribution in [3.63, 3.8) is 0 Å². The van der Waals surface area contributed by atoms with E-state index in [2.05, 4.69) is 50.0 Å². The molecule has 0 aliphatic heterocycles. The lowest BCUT2D eigenvalue weighted by Crippen LogP contribution is -1.90. The highest BCUT2D eigenvalue weighted by molar-refractivity contribution is 5.85. The molecule has 0 saturated carbocycles. The quantitative estimate of drug-likeness (QED) is 0.211. The maximum absolute atomic E-state index is 15.1. The Morgan fingerprint density at radius 2 is 1.25 bits per heavy atom. The van der Waals surface area contributed by atoms with Gasteiger partial charge in [0, 0.05) is 10.9 Å². The van der Waals surface area contributed by atoms with Gasteiger partial charge in [-0.3, -0.25) is 0 Å². The predicted octanol–water partition coefficient (Wildman–Crippen LogP) is 9.01. The highest BCUT2D eigenvalue weighted by Gasteiger charge is 2.07. The second kappa shape index (κ2) is 13.1. The van der Waals surface area contributed by atoms with Gasteiger partial charge in [-0.1, -0.05) is 107 Å². The topological polar surface area (TPSA) is 0 Å². The molecule has 0 amide bonds. The molecule has 0 nitrogen and oxygen atoms in total. The number of hydrogen-bond donors (Lipinski definition) is 0. The number of fused-ring (bicyclic) bond motifs is 1. The van der Waals surface area contributed by atoms with Gasteiger partial charge in [-0.05, 0) is 60.4 Å². The van der Waals surface area contributed by atoms with E-state index in [0.717, 1.165) is 23.8 Å². The minimum absolute atomic E-state index is 0.211. The third kappa shape index (κ3) is 7.23. The van der Waals surface area contributed by atoms with Crippen LogP contribution in [0.5, 0.6) is 0 Å². The number of halogens is 1. The molecule has 0 radical (unpaired) electrons. The molecular formula is C31H37F. The number of rotatable bonds is 11. The summed E-state index contributed by atoms with van der Waals surface area (Å²) < 4.78 is 15.1. The van der Waals surface area contributed by atoms with Crippen LogP contribution >= 0.6 is 0 Å². The Balaban J connectivity index is 1.64. The van der Waals surface area contributed by atoms with Gasteiger partial charge >= 0.3 is 0 Å². The van der Waals surface area contributed by atoms with Crippen LogP contribution in [0.15, 0.2) is 54.6 Å². The van der Waals surface area contributed by atoms with Crippen LogP contribution in [0.2, 0.25) is 0 Å².